The zero-order valence-corrected chi connectivity index (χ0v) is 27.9. The first-order chi connectivity index (χ1) is 22.1. The number of aromatic nitrogens is 2. The number of nitrogens with one attached hydrogen (secondary N) is 1. The molecule has 0 aliphatic carbocycles. The van der Waals surface area contributed by atoms with Crippen LogP contribution in [0.15, 0.2) is 29.5 Å². The molecule has 0 spiro atoms. The molecule has 0 radical (unpaired) electrons. The van der Waals surface area contributed by atoms with Crippen LogP contribution in [0.1, 0.15) is 72.3 Å². The number of hydrogen-bond donors (Lipinski definition) is 2. The molecule has 14 heteroatoms. The zero-order chi connectivity index (χ0) is 34.5. The summed E-state index contributed by atoms with van der Waals surface area (Å²) in [5.41, 5.74) is 5.01. The number of carbonyl (C=O) groups excluding carboxylic acids is 2. The topological polar surface area (TPSA) is 135 Å². The van der Waals surface area contributed by atoms with Crippen LogP contribution in [0.25, 0.3) is 0 Å². The number of anilines is 1. The van der Waals surface area contributed by atoms with Gasteiger partial charge in [-0.2, -0.15) is 4.99 Å². The van der Waals surface area contributed by atoms with Crippen molar-refractivity contribution in [2.24, 2.45) is 28.5 Å². The standard InChI is InChI=1S/C33H46F3N7O4/c1-19(2)29(37)41-31(44)42-10-7-21(8-11-42)20(3)9-12-46-22-15-38-30(39-16-22)43-17-24(23-13-26(35)27(36)14-25(23)34)28(18-43)40-32(45)47-33(4,5)6/h13-16,19-21,24,28H,7-12,17-18H2,1-6H3,(H,40,45)(H2,37,41,44). The fourth-order valence-electron chi connectivity index (χ4n) is 5.83. The van der Waals surface area contributed by atoms with Gasteiger partial charge >= 0.3 is 12.1 Å². The lowest BCUT2D eigenvalue weighted by molar-refractivity contribution is 0.0504. The molecule has 2 aliphatic heterocycles. The van der Waals surface area contributed by atoms with Crippen LogP contribution >= 0.6 is 0 Å². The van der Waals surface area contributed by atoms with Gasteiger partial charge in [-0.1, -0.05) is 20.8 Å². The van der Waals surface area contributed by atoms with E-state index in [0.717, 1.165) is 25.3 Å². The number of piperidine rings is 1. The van der Waals surface area contributed by atoms with Gasteiger partial charge in [-0.3, -0.25) is 0 Å². The van der Waals surface area contributed by atoms with E-state index in [4.69, 9.17) is 15.2 Å². The first kappa shape index (κ1) is 35.7. The van der Waals surface area contributed by atoms with Crippen LogP contribution in [0.2, 0.25) is 0 Å². The highest BCUT2D eigenvalue weighted by molar-refractivity contribution is 5.93. The second kappa shape index (κ2) is 15.2. The predicted molar refractivity (Wildman–Crippen MR) is 172 cm³/mol. The Morgan fingerprint density at radius 2 is 1.68 bits per heavy atom. The highest BCUT2D eigenvalue weighted by Gasteiger charge is 2.39. The average Bonchev–Trinajstić information content (AvgIpc) is 3.41. The van der Waals surface area contributed by atoms with Crippen molar-refractivity contribution in [1.29, 1.82) is 0 Å². The monoisotopic (exact) mass is 661 g/mol. The number of amides is 3. The summed E-state index contributed by atoms with van der Waals surface area (Å²) in [5.74, 6) is -2.11. The fourth-order valence-corrected chi connectivity index (χ4v) is 5.83. The van der Waals surface area contributed by atoms with Gasteiger partial charge in [-0.15, -0.1) is 0 Å². The van der Waals surface area contributed by atoms with Crippen LogP contribution < -0.4 is 20.7 Å². The summed E-state index contributed by atoms with van der Waals surface area (Å²) < 4.78 is 53.9. The van der Waals surface area contributed by atoms with E-state index in [1.54, 1.807) is 43.0 Å². The minimum atomic E-state index is -1.29. The summed E-state index contributed by atoms with van der Waals surface area (Å²) in [4.78, 5) is 41.3. The lowest BCUT2D eigenvalue weighted by Gasteiger charge is -2.34. The fraction of sp³-hybridized carbons (Fsp3) is 0.606. The maximum atomic E-state index is 14.8. The second-order valence-corrected chi connectivity index (χ2v) is 13.7. The van der Waals surface area contributed by atoms with Crippen molar-refractivity contribution in [3.8, 4) is 5.75 Å². The van der Waals surface area contributed by atoms with Crippen molar-refractivity contribution in [2.75, 3.05) is 37.7 Å². The molecule has 258 valence electrons. The number of halogens is 3. The van der Waals surface area contributed by atoms with Crippen LogP contribution in [0.3, 0.4) is 0 Å². The molecule has 0 bridgehead atoms. The summed E-state index contributed by atoms with van der Waals surface area (Å²) in [6, 6.07) is 0.362. The van der Waals surface area contributed by atoms with E-state index in [0.29, 0.717) is 55.1 Å². The minimum absolute atomic E-state index is 0.0251. The van der Waals surface area contributed by atoms with Gasteiger partial charge in [0.05, 0.1) is 25.0 Å². The van der Waals surface area contributed by atoms with Gasteiger partial charge in [0.2, 0.25) is 5.95 Å². The lowest BCUT2D eigenvalue weighted by Crippen LogP contribution is -2.43. The van der Waals surface area contributed by atoms with E-state index >= 15 is 0 Å². The lowest BCUT2D eigenvalue weighted by atomic mass is 9.84. The van der Waals surface area contributed by atoms with E-state index in [1.165, 1.54) is 0 Å². The second-order valence-electron chi connectivity index (χ2n) is 13.7. The van der Waals surface area contributed by atoms with E-state index in [9.17, 15) is 22.8 Å². The summed E-state index contributed by atoms with van der Waals surface area (Å²) in [5, 5.41) is 2.75. The van der Waals surface area contributed by atoms with Gasteiger partial charge in [0.15, 0.2) is 17.4 Å². The highest BCUT2D eigenvalue weighted by atomic mass is 19.2. The first-order valence-corrected chi connectivity index (χ1v) is 16.1. The van der Waals surface area contributed by atoms with E-state index in [1.807, 2.05) is 13.8 Å². The number of urea groups is 1. The summed E-state index contributed by atoms with van der Waals surface area (Å²) >= 11 is 0. The SMILES string of the molecule is CC(C)C(N)=NC(=O)N1CCC(C(C)CCOc2cnc(N3CC(NC(=O)OC(C)(C)C)C(c4cc(F)c(F)cc4F)C3)nc2)CC1. The van der Waals surface area contributed by atoms with Crippen molar-refractivity contribution in [1.82, 2.24) is 20.2 Å². The van der Waals surface area contributed by atoms with Gasteiger partial charge in [-0.05, 0) is 63.5 Å². The molecular weight excluding hydrogens is 615 g/mol. The van der Waals surface area contributed by atoms with Crippen molar-refractivity contribution < 1.29 is 32.2 Å². The molecule has 3 heterocycles. The molecule has 3 amide bonds. The maximum absolute atomic E-state index is 14.8. The predicted octanol–water partition coefficient (Wildman–Crippen LogP) is 5.64. The van der Waals surface area contributed by atoms with Gasteiger partial charge < -0.3 is 30.3 Å². The number of nitrogens with zero attached hydrogens (tertiary/aromatic N) is 5. The number of amidine groups is 1. The number of benzene rings is 1. The third-order valence-corrected chi connectivity index (χ3v) is 8.63. The number of alkyl carbamates (subject to hydrolysis) is 1. The number of carbonyl (C=O) groups is 2. The summed E-state index contributed by atoms with van der Waals surface area (Å²) in [6.07, 6.45) is 4.96. The number of rotatable bonds is 9. The van der Waals surface area contributed by atoms with E-state index in [-0.39, 0.29) is 30.6 Å². The molecule has 3 N–H and O–H groups in total. The van der Waals surface area contributed by atoms with Gasteiger partial charge in [-0.25, -0.2) is 32.7 Å². The van der Waals surface area contributed by atoms with Crippen LogP contribution in [0.5, 0.6) is 5.75 Å². The highest BCUT2D eigenvalue weighted by Crippen LogP contribution is 2.33. The normalized spacial score (nSPS) is 20.0. The maximum Gasteiger partial charge on any atom is 0.407 e. The number of nitrogens with two attached hydrogens (primary N) is 1. The Kier molecular flexibility index (Phi) is 11.6. The molecule has 11 nitrogen and oxygen atoms in total. The van der Waals surface area contributed by atoms with Crippen molar-refractivity contribution in [3.05, 3.63) is 47.5 Å². The minimum Gasteiger partial charge on any atom is -0.490 e. The molecule has 47 heavy (non-hydrogen) atoms. The van der Waals surface area contributed by atoms with E-state index in [2.05, 4.69) is 27.2 Å². The Hall–Kier alpha value is -4.10. The average molecular weight is 662 g/mol. The zero-order valence-electron chi connectivity index (χ0n) is 27.9. The molecule has 1 aromatic carbocycles. The molecule has 0 saturated carbocycles. The van der Waals surface area contributed by atoms with Gasteiger partial charge in [0.25, 0.3) is 0 Å². The Labute approximate surface area is 274 Å². The molecule has 4 rings (SSSR count). The van der Waals surface area contributed by atoms with Crippen molar-refractivity contribution in [2.45, 2.75) is 78.4 Å². The Morgan fingerprint density at radius 3 is 2.30 bits per heavy atom. The summed E-state index contributed by atoms with van der Waals surface area (Å²) in [7, 11) is 0. The Morgan fingerprint density at radius 1 is 1.04 bits per heavy atom. The van der Waals surface area contributed by atoms with Crippen molar-refractivity contribution in [3.63, 3.8) is 0 Å². The Bertz CT molecular complexity index is 1430. The summed E-state index contributed by atoms with van der Waals surface area (Å²) in [6.45, 7) is 13.2. The van der Waals surface area contributed by atoms with E-state index < -0.39 is 41.1 Å². The molecule has 1 aromatic heterocycles. The van der Waals surface area contributed by atoms with Crippen LogP contribution in [-0.4, -0.2) is 77.3 Å². The molecular formula is C33H46F3N7O4. The molecule has 2 fully saturated rings. The number of aliphatic imine (C=N–C) groups is 1. The van der Waals surface area contributed by atoms with Crippen LogP contribution in [0, 0.1) is 35.2 Å². The number of ether oxygens (including phenoxy) is 2. The Balaban J connectivity index is 1.32. The molecule has 3 unspecified atom stereocenters. The van der Waals surface area contributed by atoms with Gasteiger partial charge in [0.1, 0.15) is 17.3 Å². The quantitative estimate of drug-likeness (QED) is 0.200. The van der Waals surface area contributed by atoms with Crippen LogP contribution in [-0.2, 0) is 4.74 Å². The largest absolute Gasteiger partial charge is 0.490 e. The smallest absolute Gasteiger partial charge is 0.407 e. The molecule has 2 aromatic rings. The third kappa shape index (κ3) is 9.71. The van der Waals surface area contributed by atoms with Crippen molar-refractivity contribution >= 4 is 23.9 Å². The van der Waals surface area contributed by atoms with Gasteiger partial charge in [0, 0.05) is 44.1 Å². The molecule has 2 aliphatic rings. The molecule has 3 atom stereocenters. The first-order valence-electron chi connectivity index (χ1n) is 16.1. The number of likely N-dealkylation sites (tertiary alicyclic amines) is 1. The van der Waals surface area contributed by atoms with Crippen LogP contribution in [0.4, 0.5) is 28.7 Å². The molecule has 2 saturated heterocycles. The number of hydrogen-bond acceptors (Lipinski definition) is 7. The third-order valence-electron chi connectivity index (χ3n) is 8.63.